The van der Waals surface area contributed by atoms with Crippen molar-refractivity contribution in [3.8, 4) is 5.75 Å². The summed E-state index contributed by atoms with van der Waals surface area (Å²) in [4.78, 5) is 11.1. The lowest BCUT2D eigenvalue weighted by Crippen LogP contribution is -2.54. The molecule has 20 heavy (non-hydrogen) atoms. The van der Waals surface area contributed by atoms with E-state index in [1.807, 2.05) is 24.3 Å². The van der Waals surface area contributed by atoms with Crippen LogP contribution in [-0.2, 0) is 4.79 Å². The van der Waals surface area contributed by atoms with Gasteiger partial charge in [0.1, 0.15) is 5.75 Å². The van der Waals surface area contributed by atoms with E-state index in [9.17, 15) is 9.90 Å². The molecule has 0 spiro atoms. The molecule has 1 aliphatic heterocycles. The summed E-state index contributed by atoms with van der Waals surface area (Å²) in [6.07, 6.45) is 0.481. The highest BCUT2D eigenvalue weighted by Gasteiger charge is 2.47. The van der Waals surface area contributed by atoms with E-state index in [1.165, 1.54) is 11.8 Å². The molecule has 0 bridgehead atoms. The molecule has 4 N–H and O–H groups in total. The predicted molar refractivity (Wildman–Crippen MR) is 79.8 cm³/mol. The van der Waals surface area contributed by atoms with Crippen molar-refractivity contribution < 1.29 is 14.6 Å². The average molecular weight is 296 g/mol. The van der Waals surface area contributed by atoms with Gasteiger partial charge in [-0.25, -0.2) is 0 Å². The zero-order chi connectivity index (χ0) is 14.6. The van der Waals surface area contributed by atoms with E-state index < -0.39 is 4.87 Å². The number of primary amides is 1. The molecule has 110 valence electrons. The van der Waals surface area contributed by atoms with Crippen LogP contribution in [0.3, 0.4) is 0 Å². The number of thioether (sulfide) groups is 1. The largest absolute Gasteiger partial charge is 0.497 e. The maximum absolute atomic E-state index is 12.0. The number of amides is 1. The van der Waals surface area contributed by atoms with Crippen LogP contribution >= 0.6 is 11.8 Å². The zero-order valence-electron chi connectivity index (χ0n) is 11.5. The van der Waals surface area contributed by atoms with E-state index in [-0.39, 0.29) is 18.4 Å². The molecule has 1 heterocycles. The maximum atomic E-state index is 12.0. The van der Waals surface area contributed by atoms with E-state index in [0.717, 1.165) is 23.6 Å². The second kappa shape index (κ2) is 6.47. The number of methoxy groups -OCH3 is 1. The van der Waals surface area contributed by atoms with Crippen LogP contribution in [0.15, 0.2) is 24.3 Å². The fourth-order valence-corrected chi connectivity index (χ4v) is 3.95. The molecule has 1 aromatic rings. The smallest absolute Gasteiger partial charge is 0.248 e. The minimum absolute atomic E-state index is 0.00790. The Morgan fingerprint density at radius 2 is 2.25 bits per heavy atom. The minimum Gasteiger partial charge on any atom is -0.497 e. The number of aliphatic hydroxyl groups excluding tert-OH is 1. The molecule has 1 aliphatic rings. The molecule has 2 rings (SSSR count). The van der Waals surface area contributed by atoms with E-state index in [0.29, 0.717) is 6.42 Å². The lowest BCUT2D eigenvalue weighted by atomic mass is 9.87. The van der Waals surface area contributed by atoms with Crippen molar-refractivity contribution in [2.24, 2.45) is 5.73 Å². The molecule has 0 aliphatic carbocycles. The highest BCUT2D eigenvalue weighted by molar-refractivity contribution is 8.01. The lowest BCUT2D eigenvalue weighted by molar-refractivity contribution is -0.121. The van der Waals surface area contributed by atoms with Crippen LogP contribution < -0.4 is 15.8 Å². The van der Waals surface area contributed by atoms with Crippen LogP contribution in [0.25, 0.3) is 0 Å². The third-order valence-electron chi connectivity index (χ3n) is 3.61. The Labute approximate surface area is 122 Å². The second-order valence-electron chi connectivity index (χ2n) is 4.71. The summed E-state index contributed by atoms with van der Waals surface area (Å²) in [5.74, 6) is 1.05. The van der Waals surface area contributed by atoms with E-state index in [4.69, 9.17) is 10.5 Å². The van der Waals surface area contributed by atoms with Crippen LogP contribution in [0.5, 0.6) is 5.75 Å². The molecular weight excluding hydrogens is 276 g/mol. The number of hydrogen-bond donors (Lipinski definition) is 3. The van der Waals surface area contributed by atoms with Gasteiger partial charge in [0.05, 0.1) is 7.11 Å². The molecule has 0 radical (unpaired) electrons. The van der Waals surface area contributed by atoms with Gasteiger partial charge in [0.25, 0.3) is 0 Å². The van der Waals surface area contributed by atoms with Gasteiger partial charge in [-0.15, -0.1) is 11.8 Å². The highest BCUT2D eigenvalue weighted by Crippen LogP contribution is 2.42. The number of hydrogen-bond acceptors (Lipinski definition) is 5. The van der Waals surface area contributed by atoms with Crippen LogP contribution in [0.4, 0.5) is 0 Å². The molecule has 2 atom stereocenters. The van der Waals surface area contributed by atoms with Gasteiger partial charge in [0.15, 0.2) is 4.87 Å². The third kappa shape index (κ3) is 2.77. The standard InChI is InChI=1S/C14H20N2O3S/c1-19-11-4-2-10(3-5-11)12(6-8-17)14(13(15)18)16-7-9-20-14/h2-5,12,16-17H,6-9H2,1H3,(H2,15,18). The fraction of sp³-hybridized carbons (Fsp3) is 0.500. The monoisotopic (exact) mass is 296 g/mol. The van der Waals surface area contributed by atoms with Crippen molar-refractivity contribution >= 4 is 17.7 Å². The molecular formula is C14H20N2O3S. The van der Waals surface area contributed by atoms with Crippen LogP contribution in [0, 0.1) is 0 Å². The van der Waals surface area contributed by atoms with Crippen molar-refractivity contribution in [2.75, 3.05) is 26.0 Å². The Kier molecular flexibility index (Phi) is 4.91. The van der Waals surface area contributed by atoms with Gasteiger partial charge in [-0.3, -0.25) is 10.1 Å². The van der Waals surface area contributed by atoms with Crippen molar-refractivity contribution in [1.82, 2.24) is 5.32 Å². The van der Waals surface area contributed by atoms with Gasteiger partial charge >= 0.3 is 0 Å². The Balaban J connectivity index is 2.35. The Morgan fingerprint density at radius 3 is 2.70 bits per heavy atom. The first-order chi connectivity index (χ1) is 9.64. The maximum Gasteiger partial charge on any atom is 0.248 e. The van der Waals surface area contributed by atoms with Gasteiger partial charge in [0, 0.05) is 24.8 Å². The molecule has 1 amide bonds. The summed E-state index contributed by atoms with van der Waals surface area (Å²) in [5.41, 5.74) is 6.60. The summed E-state index contributed by atoms with van der Waals surface area (Å²) in [6, 6.07) is 7.55. The summed E-state index contributed by atoms with van der Waals surface area (Å²) in [7, 11) is 1.61. The number of nitrogens with one attached hydrogen (secondary N) is 1. The molecule has 2 unspecified atom stereocenters. The van der Waals surface area contributed by atoms with E-state index >= 15 is 0 Å². The van der Waals surface area contributed by atoms with Crippen LogP contribution in [0.2, 0.25) is 0 Å². The number of carbonyl (C=O) groups is 1. The van der Waals surface area contributed by atoms with Gasteiger partial charge in [-0.2, -0.15) is 0 Å². The number of nitrogens with two attached hydrogens (primary N) is 1. The normalized spacial score (nSPS) is 23.5. The number of benzene rings is 1. The molecule has 0 saturated carbocycles. The Bertz CT molecular complexity index is 458. The van der Waals surface area contributed by atoms with Gasteiger partial charge < -0.3 is 15.6 Å². The number of rotatable bonds is 6. The second-order valence-corrected chi connectivity index (χ2v) is 6.05. The van der Waals surface area contributed by atoms with E-state index in [1.54, 1.807) is 7.11 Å². The summed E-state index contributed by atoms with van der Waals surface area (Å²) in [5, 5.41) is 12.6. The summed E-state index contributed by atoms with van der Waals surface area (Å²) < 4.78 is 5.15. The summed E-state index contributed by atoms with van der Waals surface area (Å²) >= 11 is 1.52. The molecule has 1 saturated heterocycles. The quantitative estimate of drug-likeness (QED) is 0.719. The Hall–Kier alpha value is -1.24. The highest BCUT2D eigenvalue weighted by atomic mass is 32.2. The van der Waals surface area contributed by atoms with Crippen molar-refractivity contribution in [3.63, 3.8) is 0 Å². The Morgan fingerprint density at radius 1 is 1.55 bits per heavy atom. The topological polar surface area (TPSA) is 84.6 Å². The van der Waals surface area contributed by atoms with Gasteiger partial charge in [0.2, 0.25) is 5.91 Å². The van der Waals surface area contributed by atoms with E-state index in [2.05, 4.69) is 5.32 Å². The first-order valence-corrected chi connectivity index (χ1v) is 7.56. The zero-order valence-corrected chi connectivity index (χ0v) is 12.3. The number of ether oxygens (including phenoxy) is 1. The number of aliphatic hydroxyl groups is 1. The molecule has 1 aromatic carbocycles. The lowest BCUT2D eigenvalue weighted by Gasteiger charge is -2.34. The number of carbonyl (C=O) groups excluding carboxylic acids is 1. The van der Waals surface area contributed by atoms with Crippen LogP contribution in [-0.4, -0.2) is 41.9 Å². The average Bonchev–Trinajstić information content (AvgIpc) is 2.95. The first kappa shape index (κ1) is 15.2. The van der Waals surface area contributed by atoms with Gasteiger partial charge in [-0.1, -0.05) is 12.1 Å². The molecule has 5 nitrogen and oxygen atoms in total. The van der Waals surface area contributed by atoms with Crippen molar-refractivity contribution in [3.05, 3.63) is 29.8 Å². The predicted octanol–water partition coefficient (Wildman–Crippen LogP) is 0.679. The third-order valence-corrected chi connectivity index (χ3v) is 5.11. The molecule has 6 heteroatoms. The van der Waals surface area contributed by atoms with Crippen molar-refractivity contribution in [2.45, 2.75) is 17.2 Å². The first-order valence-electron chi connectivity index (χ1n) is 6.57. The fourth-order valence-electron chi connectivity index (χ4n) is 2.62. The molecule has 1 fully saturated rings. The van der Waals surface area contributed by atoms with Gasteiger partial charge in [-0.05, 0) is 24.1 Å². The minimum atomic E-state index is -0.836. The SMILES string of the molecule is COc1ccc(C(CCO)C2(C(N)=O)NCCS2)cc1. The van der Waals surface area contributed by atoms with Crippen molar-refractivity contribution in [1.29, 1.82) is 0 Å². The van der Waals surface area contributed by atoms with Crippen LogP contribution in [0.1, 0.15) is 17.9 Å². The molecule has 0 aromatic heterocycles. The summed E-state index contributed by atoms with van der Waals surface area (Å²) in [6.45, 7) is 0.750.